The second-order valence-electron chi connectivity index (χ2n) is 2.60. The topological polar surface area (TPSA) is 35.5 Å². The first kappa shape index (κ1) is 16.0. The average Bonchev–Trinajstić information content (AvgIpc) is 1.97. The summed E-state index contributed by atoms with van der Waals surface area (Å²) in [6.07, 6.45) is -17.5. The van der Waals surface area contributed by atoms with Crippen LogP contribution >= 0.6 is 0 Å². The monoisotopic (exact) mass is 276 g/mol. The van der Waals surface area contributed by atoms with Crippen molar-refractivity contribution >= 4 is 6.04 Å². The third-order valence-electron chi connectivity index (χ3n) is 1.09. The third kappa shape index (κ3) is 5.77. The highest BCUT2D eigenvalue weighted by Crippen LogP contribution is 2.40. The number of halogens is 8. The molecule has 0 saturated carbocycles. The van der Waals surface area contributed by atoms with E-state index in [4.69, 9.17) is 0 Å². The Morgan fingerprint density at radius 1 is 1.00 bits per heavy atom. The van der Waals surface area contributed by atoms with E-state index < -0.39 is 37.6 Å². The van der Waals surface area contributed by atoms with Crippen LogP contribution in [0.3, 0.4) is 0 Å². The number of rotatable bonds is 6. The molecule has 0 aliphatic heterocycles. The van der Waals surface area contributed by atoms with Crippen molar-refractivity contribution in [2.45, 2.75) is 18.4 Å². The summed E-state index contributed by atoms with van der Waals surface area (Å²) in [6, 6.07) is -2.21. The van der Waals surface area contributed by atoms with E-state index in [1.54, 1.807) is 0 Å². The number of hydrogen-bond acceptors (Lipinski definition) is 3. The zero-order valence-electron chi connectivity index (χ0n) is 7.66. The van der Waals surface area contributed by atoms with Crippen molar-refractivity contribution in [3.63, 3.8) is 0 Å². The molecule has 0 aliphatic rings. The van der Waals surface area contributed by atoms with E-state index in [0.29, 0.717) is 0 Å². The number of hydrogen-bond donors (Lipinski definition) is 0. The SMILES string of the molecule is O=C(F)COCC(F)(F)OC(F)(F)C(F)(F)F. The lowest BCUT2D eigenvalue weighted by molar-refractivity contribution is -0.460. The van der Waals surface area contributed by atoms with Gasteiger partial charge in [0.05, 0.1) is 0 Å². The minimum absolute atomic E-state index is 1.52. The maximum absolute atomic E-state index is 12.3. The molecule has 0 N–H and O–H groups in total. The second kappa shape index (κ2) is 5.12. The summed E-state index contributed by atoms with van der Waals surface area (Å²) in [6.45, 7) is -3.65. The molecule has 0 radical (unpaired) electrons. The van der Waals surface area contributed by atoms with Crippen LogP contribution in [-0.2, 0) is 14.3 Å². The largest absolute Gasteiger partial charge is 0.483 e. The zero-order chi connectivity index (χ0) is 13.9. The smallest absolute Gasteiger partial charge is 0.362 e. The lowest BCUT2D eigenvalue weighted by atomic mass is 10.5. The van der Waals surface area contributed by atoms with Crippen LogP contribution in [0, 0.1) is 0 Å². The van der Waals surface area contributed by atoms with Crippen LogP contribution in [0.4, 0.5) is 35.1 Å². The first-order chi connectivity index (χ1) is 7.37. The molecule has 0 fully saturated rings. The summed E-state index contributed by atoms with van der Waals surface area (Å²) in [5.41, 5.74) is 0. The van der Waals surface area contributed by atoms with Crippen LogP contribution in [0.1, 0.15) is 0 Å². The summed E-state index contributed by atoms with van der Waals surface area (Å²) >= 11 is 0. The summed E-state index contributed by atoms with van der Waals surface area (Å²) in [4.78, 5) is 9.57. The molecule has 0 unspecified atom stereocenters. The fraction of sp³-hybridized carbons (Fsp3) is 0.833. The van der Waals surface area contributed by atoms with E-state index in [1.165, 1.54) is 0 Å². The summed E-state index contributed by atoms with van der Waals surface area (Å²) in [5.74, 6) is 0. The molecule has 11 heteroatoms. The molecule has 0 aliphatic carbocycles. The Hall–Kier alpha value is -0.970. The minimum Gasteiger partial charge on any atom is -0.362 e. The number of carbonyl (C=O) groups excluding carboxylic acids is 1. The van der Waals surface area contributed by atoms with E-state index in [2.05, 4.69) is 9.47 Å². The van der Waals surface area contributed by atoms with E-state index in [0.717, 1.165) is 0 Å². The first-order valence-electron chi connectivity index (χ1n) is 3.66. The van der Waals surface area contributed by atoms with Crippen molar-refractivity contribution in [1.82, 2.24) is 0 Å². The van der Waals surface area contributed by atoms with Gasteiger partial charge < -0.3 is 4.74 Å². The highest BCUT2D eigenvalue weighted by molar-refractivity contribution is 5.69. The Morgan fingerprint density at radius 3 is 1.82 bits per heavy atom. The van der Waals surface area contributed by atoms with Crippen LogP contribution < -0.4 is 0 Å². The fourth-order valence-corrected chi connectivity index (χ4v) is 0.525. The molecule has 0 heterocycles. The van der Waals surface area contributed by atoms with E-state index >= 15 is 0 Å². The van der Waals surface area contributed by atoms with E-state index in [9.17, 15) is 39.9 Å². The highest BCUT2D eigenvalue weighted by atomic mass is 19.4. The van der Waals surface area contributed by atoms with Gasteiger partial charge in [-0.3, -0.25) is 4.79 Å². The molecule has 0 spiro atoms. The van der Waals surface area contributed by atoms with Gasteiger partial charge in [-0.2, -0.15) is 35.1 Å². The van der Waals surface area contributed by atoms with Gasteiger partial charge in [-0.1, -0.05) is 0 Å². The molecule has 0 bridgehead atoms. The van der Waals surface area contributed by atoms with Gasteiger partial charge in [0.25, 0.3) is 0 Å². The Kier molecular flexibility index (Phi) is 4.83. The van der Waals surface area contributed by atoms with E-state index in [1.807, 2.05) is 0 Å². The van der Waals surface area contributed by atoms with Crippen LogP contribution in [0.5, 0.6) is 0 Å². The van der Waals surface area contributed by atoms with Crippen LogP contribution in [0.2, 0.25) is 0 Å². The molecule has 102 valence electrons. The van der Waals surface area contributed by atoms with Gasteiger partial charge in [0.2, 0.25) is 0 Å². The molecule has 0 rings (SSSR count). The summed E-state index contributed by atoms with van der Waals surface area (Å²) in [5, 5.41) is 0. The van der Waals surface area contributed by atoms with Crippen molar-refractivity contribution < 1.29 is 49.4 Å². The predicted molar refractivity (Wildman–Crippen MR) is 34.0 cm³/mol. The summed E-state index contributed by atoms with van der Waals surface area (Å²) in [7, 11) is 0. The van der Waals surface area contributed by atoms with Crippen LogP contribution in [0.15, 0.2) is 0 Å². The number of carbonyl (C=O) groups is 1. The average molecular weight is 276 g/mol. The van der Waals surface area contributed by atoms with Gasteiger partial charge in [0.1, 0.15) is 13.2 Å². The fourth-order valence-electron chi connectivity index (χ4n) is 0.525. The van der Waals surface area contributed by atoms with Crippen molar-refractivity contribution in [2.24, 2.45) is 0 Å². The molecule has 17 heavy (non-hydrogen) atoms. The Balaban J connectivity index is 4.39. The molecule has 0 aromatic rings. The third-order valence-corrected chi connectivity index (χ3v) is 1.09. The standard InChI is InChI=1S/C6H4F8O3/c7-3(15)1-16-2-4(8,9)17-6(13,14)5(10,11)12/h1-2H2. The van der Waals surface area contributed by atoms with Gasteiger partial charge in [-0.15, -0.1) is 0 Å². The first-order valence-corrected chi connectivity index (χ1v) is 3.66. The molecule has 0 amide bonds. The van der Waals surface area contributed by atoms with Crippen LogP contribution in [0.25, 0.3) is 0 Å². The Labute approximate surface area is 88.3 Å². The molecule has 0 aromatic carbocycles. The lowest BCUT2D eigenvalue weighted by Crippen LogP contribution is -2.46. The quantitative estimate of drug-likeness (QED) is 0.551. The zero-order valence-corrected chi connectivity index (χ0v) is 7.66. The van der Waals surface area contributed by atoms with Gasteiger partial charge in [-0.25, -0.2) is 4.74 Å². The molecule has 3 nitrogen and oxygen atoms in total. The molecule has 0 saturated heterocycles. The van der Waals surface area contributed by atoms with E-state index in [-0.39, 0.29) is 0 Å². The van der Waals surface area contributed by atoms with Gasteiger partial charge >= 0.3 is 24.4 Å². The number of ether oxygens (including phenoxy) is 2. The Morgan fingerprint density at radius 2 is 1.47 bits per heavy atom. The predicted octanol–water partition coefficient (Wildman–Crippen LogP) is 2.26. The van der Waals surface area contributed by atoms with Gasteiger partial charge in [0.15, 0.2) is 0 Å². The molecular weight excluding hydrogens is 272 g/mol. The van der Waals surface area contributed by atoms with Crippen molar-refractivity contribution in [3.8, 4) is 0 Å². The maximum atomic E-state index is 12.3. The van der Waals surface area contributed by atoms with Crippen molar-refractivity contribution in [1.29, 1.82) is 0 Å². The summed E-state index contributed by atoms with van der Waals surface area (Å²) < 4.78 is 100. The molecule has 0 aromatic heterocycles. The second-order valence-corrected chi connectivity index (χ2v) is 2.60. The van der Waals surface area contributed by atoms with Gasteiger partial charge in [0, 0.05) is 0 Å². The highest BCUT2D eigenvalue weighted by Gasteiger charge is 2.63. The number of alkyl halides is 7. The van der Waals surface area contributed by atoms with Crippen LogP contribution in [-0.4, -0.2) is 37.6 Å². The molecule has 0 atom stereocenters. The normalized spacial score (nSPS) is 13.9. The Bertz CT molecular complexity index is 273. The lowest BCUT2D eigenvalue weighted by Gasteiger charge is -2.24. The van der Waals surface area contributed by atoms with Crippen molar-refractivity contribution in [2.75, 3.05) is 13.2 Å². The minimum atomic E-state index is -6.34. The maximum Gasteiger partial charge on any atom is 0.483 e. The van der Waals surface area contributed by atoms with Gasteiger partial charge in [-0.05, 0) is 0 Å². The molecular formula is C6H4F8O3. The van der Waals surface area contributed by atoms with Crippen molar-refractivity contribution in [3.05, 3.63) is 0 Å².